The van der Waals surface area contributed by atoms with Crippen LogP contribution >= 0.6 is 12.2 Å². The van der Waals surface area contributed by atoms with E-state index in [1.165, 1.54) is 12.1 Å². The van der Waals surface area contributed by atoms with E-state index in [0.29, 0.717) is 6.42 Å². The van der Waals surface area contributed by atoms with Crippen molar-refractivity contribution < 1.29 is 14.3 Å². The molecule has 0 bridgehead atoms. The molecular formula is C11H13FN2O2S. The van der Waals surface area contributed by atoms with E-state index >= 15 is 0 Å². The number of nitrogens with one attached hydrogen (secondary N) is 1. The lowest BCUT2D eigenvalue weighted by molar-refractivity contribution is 0.0939. The summed E-state index contributed by atoms with van der Waals surface area (Å²) >= 11 is 4.76. The van der Waals surface area contributed by atoms with Crippen LogP contribution < -0.4 is 11.1 Å². The van der Waals surface area contributed by atoms with Gasteiger partial charge >= 0.3 is 0 Å². The molecule has 0 fully saturated rings. The topological polar surface area (TPSA) is 75.3 Å². The van der Waals surface area contributed by atoms with Crippen LogP contribution in [0.1, 0.15) is 23.7 Å². The van der Waals surface area contributed by atoms with Crippen LogP contribution in [-0.2, 0) is 0 Å². The summed E-state index contributed by atoms with van der Waals surface area (Å²) in [5.41, 5.74) is 5.01. The number of benzene rings is 1. The average Bonchev–Trinajstić information content (AvgIpc) is 2.25. The Morgan fingerprint density at radius 3 is 2.76 bits per heavy atom. The van der Waals surface area contributed by atoms with Gasteiger partial charge in [-0.15, -0.1) is 0 Å². The zero-order chi connectivity index (χ0) is 13.0. The van der Waals surface area contributed by atoms with E-state index < -0.39 is 29.1 Å². The molecule has 0 spiro atoms. The third kappa shape index (κ3) is 3.13. The number of phenolic OH excluding ortho intramolecular Hbond substituents is 1. The van der Waals surface area contributed by atoms with Crippen molar-refractivity contribution >= 4 is 23.1 Å². The van der Waals surface area contributed by atoms with Gasteiger partial charge in [0, 0.05) is 0 Å². The molecule has 1 rings (SSSR count). The second-order valence-corrected chi connectivity index (χ2v) is 3.94. The number of rotatable bonds is 4. The summed E-state index contributed by atoms with van der Waals surface area (Å²) < 4.78 is 13.4. The summed E-state index contributed by atoms with van der Waals surface area (Å²) in [4.78, 5) is 11.9. The van der Waals surface area contributed by atoms with Crippen LogP contribution in [0.5, 0.6) is 5.75 Å². The molecule has 0 aliphatic rings. The van der Waals surface area contributed by atoms with Crippen LogP contribution in [0.4, 0.5) is 4.39 Å². The van der Waals surface area contributed by atoms with Crippen molar-refractivity contribution in [2.75, 3.05) is 0 Å². The van der Waals surface area contributed by atoms with Crippen molar-refractivity contribution in [2.45, 2.75) is 19.4 Å². The van der Waals surface area contributed by atoms with Gasteiger partial charge in [0.15, 0.2) is 0 Å². The van der Waals surface area contributed by atoms with Crippen LogP contribution in [-0.4, -0.2) is 22.0 Å². The van der Waals surface area contributed by atoms with Crippen LogP contribution in [0.3, 0.4) is 0 Å². The molecule has 0 saturated carbocycles. The molecule has 0 aliphatic heterocycles. The molecule has 1 atom stereocenters. The second-order valence-electron chi connectivity index (χ2n) is 3.47. The van der Waals surface area contributed by atoms with E-state index in [4.69, 9.17) is 18.0 Å². The quantitative estimate of drug-likeness (QED) is 0.710. The molecule has 0 heterocycles. The molecule has 1 aromatic carbocycles. The van der Waals surface area contributed by atoms with Crippen molar-refractivity contribution in [1.82, 2.24) is 5.32 Å². The van der Waals surface area contributed by atoms with Crippen molar-refractivity contribution in [3.05, 3.63) is 29.6 Å². The molecule has 4 nitrogen and oxygen atoms in total. The van der Waals surface area contributed by atoms with E-state index in [1.807, 2.05) is 0 Å². The highest BCUT2D eigenvalue weighted by Crippen LogP contribution is 2.19. The Labute approximate surface area is 104 Å². The molecule has 0 aliphatic carbocycles. The standard InChI is InChI=1S/C11H13FN2O2S/c1-2-7(10(13)17)14-11(16)9-6(12)4-3-5-8(9)15/h3-5,7,15H,2H2,1H3,(H2,13,17)(H,14,16). The maximum Gasteiger partial charge on any atom is 0.258 e. The first-order valence-electron chi connectivity index (χ1n) is 5.05. The van der Waals surface area contributed by atoms with Gasteiger partial charge in [-0.2, -0.15) is 0 Å². The summed E-state index contributed by atoms with van der Waals surface area (Å²) in [7, 11) is 0. The lowest BCUT2D eigenvalue weighted by Crippen LogP contribution is -2.43. The minimum absolute atomic E-state index is 0.122. The average molecular weight is 256 g/mol. The number of carbonyl (C=O) groups excluding carboxylic acids is 1. The monoisotopic (exact) mass is 256 g/mol. The molecule has 0 saturated heterocycles. The Morgan fingerprint density at radius 2 is 2.29 bits per heavy atom. The van der Waals surface area contributed by atoms with Crippen molar-refractivity contribution in [3.8, 4) is 5.75 Å². The number of hydrogen-bond acceptors (Lipinski definition) is 3. The van der Waals surface area contributed by atoms with E-state index in [0.717, 1.165) is 6.07 Å². The molecule has 1 unspecified atom stereocenters. The van der Waals surface area contributed by atoms with Crippen molar-refractivity contribution in [3.63, 3.8) is 0 Å². The Kier molecular flexibility index (Phi) is 4.39. The predicted octanol–water partition coefficient (Wildman–Crippen LogP) is 1.33. The van der Waals surface area contributed by atoms with Crippen molar-refractivity contribution in [1.29, 1.82) is 0 Å². The molecule has 0 aromatic heterocycles. The molecule has 4 N–H and O–H groups in total. The fraction of sp³-hybridized carbons (Fsp3) is 0.273. The van der Waals surface area contributed by atoms with E-state index in [2.05, 4.69) is 5.32 Å². The number of amides is 1. The zero-order valence-corrected chi connectivity index (χ0v) is 10.1. The SMILES string of the molecule is CCC(NC(=O)c1c(O)cccc1F)C(N)=S. The summed E-state index contributed by atoms with van der Waals surface area (Å²) in [6, 6.07) is 3.12. The fourth-order valence-corrected chi connectivity index (χ4v) is 1.57. The minimum atomic E-state index is -0.791. The first-order chi connectivity index (χ1) is 7.97. The molecule has 6 heteroatoms. The lowest BCUT2D eigenvalue weighted by atomic mass is 10.1. The number of carbonyl (C=O) groups is 1. The van der Waals surface area contributed by atoms with E-state index in [1.54, 1.807) is 6.92 Å². The van der Waals surface area contributed by atoms with Crippen LogP contribution in [0.2, 0.25) is 0 Å². The normalized spacial score (nSPS) is 11.9. The van der Waals surface area contributed by atoms with Gasteiger partial charge in [-0.1, -0.05) is 25.2 Å². The lowest BCUT2D eigenvalue weighted by Gasteiger charge is -2.15. The van der Waals surface area contributed by atoms with Gasteiger partial charge in [0.2, 0.25) is 0 Å². The number of nitrogens with two attached hydrogens (primary N) is 1. The Bertz CT molecular complexity index is 431. The molecule has 92 valence electrons. The van der Waals surface area contributed by atoms with Gasteiger partial charge in [-0.3, -0.25) is 4.79 Å². The Hall–Kier alpha value is -1.69. The van der Waals surface area contributed by atoms with Gasteiger partial charge in [-0.05, 0) is 18.6 Å². The van der Waals surface area contributed by atoms with Crippen LogP contribution in [0, 0.1) is 5.82 Å². The van der Waals surface area contributed by atoms with Gasteiger partial charge in [-0.25, -0.2) is 4.39 Å². The molecular weight excluding hydrogens is 243 g/mol. The second kappa shape index (κ2) is 5.58. The van der Waals surface area contributed by atoms with Crippen LogP contribution in [0.25, 0.3) is 0 Å². The highest BCUT2D eigenvalue weighted by molar-refractivity contribution is 7.80. The van der Waals surface area contributed by atoms with Crippen molar-refractivity contribution in [2.24, 2.45) is 5.73 Å². The first kappa shape index (κ1) is 13.4. The summed E-state index contributed by atoms with van der Waals surface area (Å²) in [6.45, 7) is 1.78. The number of thiocarbonyl (C=S) groups is 1. The number of hydrogen-bond donors (Lipinski definition) is 3. The third-order valence-electron chi connectivity index (χ3n) is 2.28. The number of phenols is 1. The zero-order valence-electron chi connectivity index (χ0n) is 9.24. The molecule has 17 heavy (non-hydrogen) atoms. The maximum absolute atomic E-state index is 13.4. The van der Waals surface area contributed by atoms with E-state index in [9.17, 15) is 14.3 Å². The number of aromatic hydroxyl groups is 1. The largest absolute Gasteiger partial charge is 0.507 e. The third-order valence-corrected chi connectivity index (χ3v) is 2.56. The summed E-state index contributed by atoms with van der Waals surface area (Å²) in [5.74, 6) is -1.94. The predicted molar refractivity (Wildman–Crippen MR) is 66.4 cm³/mol. The van der Waals surface area contributed by atoms with Gasteiger partial charge in [0.25, 0.3) is 5.91 Å². The van der Waals surface area contributed by atoms with Gasteiger partial charge < -0.3 is 16.2 Å². The molecule has 0 radical (unpaired) electrons. The number of halogens is 1. The Balaban J connectivity index is 2.94. The smallest absolute Gasteiger partial charge is 0.258 e. The molecule has 1 aromatic rings. The fourth-order valence-electron chi connectivity index (χ4n) is 1.34. The highest BCUT2D eigenvalue weighted by Gasteiger charge is 2.20. The summed E-state index contributed by atoms with van der Waals surface area (Å²) in [6.07, 6.45) is 0.496. The van der Waals surface area contributed by atoms with Crippen LogP contribution in [0.15, 0.2) is 18.2 Å². The first-order valence-corrected chi connectivity index (χ1v) is 5.45. The highest BCUT2D eigenvalue weighted by atomic mass is 32.1. The summed E-state index contributed by atoms with van der Waals surface area (Å²) in [5, 5.41) is 11.9. The van der Waals surface area contributed by atoms with E-state index in [-0.39, 0.29) is 4.99 Å². The van der Waals surface area contributed by atoms with Gasteiger partial charge in [0.1, 0.15) is 17.1 Å². The van der Waals surface area contributed by atoms with Gasteiger partial charge in [0.05, 0.1) is 11.0 Å². The minimum Gasteiger partial charge on any atom is -0.507 e. The molecule has 1 amide bonds. The maximum atomic E-state index is 13.4. The Morgan fingerprint density at radius 1 is 1.65 bits per heavy atom.